The highest BCUT2D eigenvalue weighted by atomic mass is 32.2. The molecule has 4 heteroatoms. The molecule has 0 spiro atoms. The maximum absolute atomic E-state index is 11.8. The van der Waals surface area contributed by atoms with Crippen LogP contribution in [0.15, 0.2) is 53.4 Å². The smallest absolute Gasteiger partial charge is 0.223 e. The van der Waals surface area contributed by atoms with Crippen LogP contribution in [0.2, 0.25) is 0 Å². The minimum atomic E-state index is 0.221. The van der Waals surface area contributed by atoms with Crippen molar-refractivity contribution in [3.63, 3.8) is 0 Å². The van der Waals surface area contributed by atoms with Gasteiger partial charge in [0.15, 0.2) is 0 Å². The molecule has 0 unspecified atom stereocenters. The molecular weight excluding hydrogens is 328 g/mol. The molecule has 25 heavy (non-hydrogen) atoms. The maximum Gasteiger partial charge on any atom is 0.223 e. The van der Waals surface area contributed by atoms with E-state index in [9.17, 15) is 4.79 Å². The second-order valence-electron chi connectivity index (χ2n) is 6.65. The number of aromatic nitrogens is 1. The molecule has 128 valence electrons. The Balaban J connectivity index is 1.56. The monoisotopic (exact) mass is 350 g/mol. The van der Waals surface area contributed by atoms with Gasteiger partial charge in [-0.2, -0.15) is 0 Å². The Kier molecular flexibility index (Phi) is 4.53. The molecular formula is C21H22N2OS. The van der Waals surface area contributed by atoms with Crippen LogP contribution in [-0.2, 0) is 4.79 Å². The summed E-state index contributed by atoms with van der Waals surface area (Å²) in [6.45, 7) is 2.82. The third-order valence-electron chi connectivity index (χ3n) is 4.59. The number of thioether (sulfide) groups is 1. The normalized spacial score (nSPS) is 14.0. The Bertz CT molecular complexity index is 894. The molecule has 3 nitrogen and oxygen atoms in total. The van der Waals surface area contributed by atoms with Gasteiger partial charge < -0.3 is 10.3 Å². The standard InChI is InChI=1S/C21H22N2OS/c1-14-6-8-15(9-7-14)19-20(17-4-2-3-5-18(17)23-19)25-13-12-22-21(24)16-10-11-16/h2-9,16,23H,10-13H2,1H3,(H,22,24). The number of nitrogens with one attached hydrogen (secondary N) is 2. The molecule has 1 heterocycles. The van der Waals surface area contributed by atoms with Crippen LogP contribution in [0.5, 0.6) is 0 Å². The van der Waals surface area contributed by atoms with Crippen LogP contribution in [0.3, 0.4) is 0 Å². The Morgan fingerprint density at radius 3 is 2.68 bits per heavy atom. The zero-order chi connectivity index (χ0) is 17.2. The molecule has 1 aromatic heterocycles. The number of carbonyl (C=O) groups excluding carboxylic acids is 1. The number of hydrogen-bond acceptors (Lipinski definition) is 2. The molecule has 0 saturated heterocycles. The fraction of sp³-hybridized carbons (Fsp3) is 0.286. The number of carbonyl (C=O) groups is 1. The average Bonchev–Trinajstić information content (AvgIpc) is 3.41. The number of amides is 1. The molecule has 3 aromatic rings. The third kappa shape index (κ3) is 3.59. The largest absolute Gasteiger partial charge is 0.355 e. The molecule has 1 fully saturated rings. The van der Waals surface area contributed by atoms with E-state index < -0.39 is 0 Å². The average molecular weight is 350 g/mol. The first kappa shape index (κ1) is 16.3. The second-order valence-corrected chi connectivity index (χ2v) is 7.76. The molecule has 2 N–H and O–H groups in total. The van der Waals surface area contributed by atoms with Gasteiger partial charge in [-0.25, -0.2) is 0 Å². The summed E-state index contributed by atoms with van der Waals surface area (Å²) in [5, 5.41) is 4.30. The summed E-state index contributed by atoms with van der Waals surface area (Å²) in [4.78, 5) is 16.6. The predicted octanol–water partition coefficient (Wildman–Crippen LogP) is 4.76. The topological polar surface area (TPSA) is 44.9 Å². The SMILES string of the molecule is Cc1ccc(-c2[nH]c3ccccc3c2SCCNC(=O)C2CC2)cc1. The van der Waals surface area contributed by atoms with Gasteiger partial charge in [0, 0.05) is 34.0 Å². The second kappa shape index (κ2) is 6.96. The van der Waals surface area contributed by atoms with E-state index in [2.05, 4.69) is 65.8 Å². The Hall–Kier alpha value is -2.20. The lowest BCUT2D eigenvalue weighted by molar-refractivity contribution is -0.122. The summed E-state index contributed by atoms with van der Waals surface area (Å²) in [5.74, 6) is 1.37. The van der Waals surface area contributed by atoms with Crippen molar-refractivity contribution >= 4 is 28.6 Å². The minimum absolute atomic E-state index is 0.221. The summed E-state index contributed by atoms with van der Waals surface area (Å²) in [7, 11) is 0. The Morgan fingerprint density at radius 2 is 1.92 bits per heavy atom. The minimum Gasteiger partial charge on any atom is -0.355 e. The predicted molar refractivity (Wildman–Crippen MR) is 105 cm³/mol. The molecule has 1 aliphatic rings. The van der Waals surface area contributed by atoms with Crippen LogP contribution < -0.4 is 5.32 Å². The highest BCUT2D eigenvalue weighted by Crippen LogP contribution is 2.37. The molecule has 4 rings (SSSR count). The van der Waals surface area contributed by atoms with Gasteiger partial charge in [-0.15, -0.1) is 11.8 Å². The van der Waals surface area contributed by atoms with Crippen molar-refractivity contribution < 1.29 is 4.79 Å². The summed E-state index contributed by atoms with van der Waals surface area (Å²) in [5.41, 5.74) is 4.78. The number of para-hydroxylation sites is 1. The first-order valence-corrected chi connectivity index (χ1v) is 9.79. The van der Waals surface area contributed by atoms with E-state index in [0.29, 0.717) is 6.54 Å². The first-order valence-electron chi connectivity index (χ1n) is 8.80. The van der Waals surface area contributed by atoms with E-state index in [0.717, 1.165) is 24.1 Å². The molecule has 2 aromatic carbocycles. The van der Waals surface area contributed by atoms with Crippen LogP contribution in [0, 0.1) is 12.8 Å². The lowest BCUT2D eigenvalue weighted by atomic mass is 10.1. The van der Waals surface area contributed by atoms with Gasteiger partial charge in [0.05, 0.1) is 5.69 Å². The van der Waals surface area contributed by atoms with Crippen molar-refractivity contribution in [2.24, 2.45) is 5.92 Å². The number of hydrogen-bond donors (Lipinski definition) is 2. The fourth-order valence-corrected chi connectivity index (χ4v) is 4.06. The van der Waals surface area contributed by atoms with Gasteiger partial charge in [0.2, 0.25) is 5.91 Å². The number of H-pyrrole nitrogens is 1. The third-order valence-corrected chi connectivity index (χ3v) is 5.72. The van der Waals surface area contributed by atoms with E-state index in [4.69, 9.17) is 0 Å². The number of rotatable bonds is 6. The van der Waals surface area contributed by atoms with Gasteiger partial charge in [0.1, 0.15) is 0 Å². The lowest BCUT2D eigenvalue weighted by Crippen LogP contribution is -2.26. The van der Waals surface area contributed by atoms with Gasteiger partial charge in [0.25, 0.3) is 0 Å². The van der Waals surface area contributed by atoms with Gasteiger partial charge in [-0.05, 0) is 31.4 Å². The van der Waals surface area contributed by atoms with Crippen molar-refractivity contribution in [3.05, 3.63) is 54.1 Å². The lowest BCUT2D eigenvalue weighted by Gasteiger charge is -2.07. The van der Waals surface area contributed by atoms with Gasteiger partial charge in [-0.1, -0.05) is 48.0 Å². The van der Waals surface area contributed by atoms with Crippen molar-refractivity contribution in [3.8, 4) is 11.3 Å². The molecule has 1 aliphatic carbocycles. The zero-order valence-corrected chi connectivity index (χ0v) is 15.2. The first-order chi connectivity index (χ1) is 12.2. The maximum atomic E-state index is 11.8. The molecule has 1 amide bonds. The number of fused-ring (bicyclic) bond motifs is 1. The van der Waals surface area contributed by atoms with Crippen LogP contribution in [0.4, 0.5) is 0 Å². The summed E-state index contributed by atoms with van der Waals surface area (Å²) < 4.78 is 0. The van der Waals surface area contributed by atoms with Gasteiger partial charge >= 0.3 is 0 Å². The highest BCUT2D eigenvalue weighted by molar-refractivity contribution is 7.99. The fourth-order valence-electron chi connectivity index (χ4n) is 3.01. The van der Waals surface area contributed by atoms with Crippen LogP contribution in [-0.4, -0.2) is 23.2 Å². The summed E-state index contributed by atoms with van der Waals surface area (Å²) >= 11 is 1.81. The Labute approximate surface area is 152 Å². The van der Waals surface area contributed by atoms with Crippen molar-refractivity contribution in [2.45, 2.75) is 24.7 Å². The van der Waals surface area contributed by atoms with E-state index in [-0.39, 0.29) is 11.8 Å². The van der Waals surface area contributed by atoms with Gasteiger partial charge in [-0.3, -0.25) is 4.79 Å². The highest BCUT2D eigenvalue weighted by Gasteiger charge is 2.29. The molecule has 0 aliphatic heterocycles. The van der Waals surface area contributed by atoms with Crippen molar-refractivity contribution in [1.29, 1.82) is 0 Å². The van der Waals surface area contributed by atoms with E-state index in [1.807, 2.05) is 11.8 Å². The quantitative estimate of drug-likeness (QED) is 0.497. The van der Waals surface area contributed by atoms with E-state index in [1.165, 1.54) is 27.1 Å². The number of aryl methyl sites for hydroxylation is 1. The molecule has 0 atom stereocenters. The van der Waals surface area contributed by atoms with Crippen molar-refractivity contribution in [2.75, 3.05) is 12.3 Å². The number of benzene rings is 2. The summed E-state index contributed by atoms with van der Waals surface area (Å²) in [6, 6.07) is 17.0. The van der Waals surface area contributed by atoms with Crippen LogP contribution in [0.25, 0.3) is 22.2 Å². The van der Waals surface area contributed by atoms with Crippen LogP contribution in [0.1, 0.15) is 18.4 Å². The Morgan fingerprint density at radius 1 is 1.16 bits per heavy atom. The van der Waals surface area contributed by atoms with E-state index in [1.54, 1.807) is 0 Å². The van der Waals surface area contributed by atoms with Crippen molar-refractivity contribution in [1.82, 2.24) is 10.3 Å². The summed E-state index contributed by atoms with van der Waals surface area (Å²) in [6.07, 6.45) is 2.11. The molecule has 0 bridgehead atoms. The van der Waals surface area contributed by atoms with E-state index >= 15 is 0 Å². The zero-order valence-electron chi connectivity index (χ0n) is 14.3. The molecule has 1 saturated carbocycles. The molecule has 0 radical (unpaired) electrons. The number of aromatic amines is 1. The van der Waals surface area contributed by atoms with Crippen LogP contribution >= 0.6 is 11.8 Å².